The SMILES string of the molecule is COc1ccc(CNCCc2cccc(C)n2)cc1OC[C@H](O)CN1CCCN(C)CC1. The number of β-amino-alcohol motifs (C(OH)–C–C–N with tert-alkyl or cyclic N) is 1. The van der Waals surface area contributed by atoms with E-state index in [1.54, 1.807) is 7.11 Å². The zero-order chi connectivity index (χ0) is 22.8. The lowest BCUT2D eigenvalue weighted by Gasteiger charge is -2.23. The number of rotatable bonds is 11. The number of benzene rings is 1. The maximum absolute atomic E-state index is 10.5. The van der Waals surface area contributed by atoms with Crippen LogP contribution >= 0.6 is 0 Å². The van der Waals surface area contributed by atoms with Gasteiger partial charge in [-0.3, -0.25) is 9.88 Å². The monoisotopic (exact) mass is 442 g/mol. The van der Waals surface area contributed by atoms with Gasteiger partial charge in [-0.1, -0.05) is 12.1 Å². The number of likely N-dealkylation sites (N-methyl/N-ethyl adjacent to an activating group) is 1. The van der Waals surface area contributed by atoms with Crippen LogP contribution in [-0.4, -0.2) is 86.0 Å². The molecule has 0 bridgehead atoms. The number of aromatic nitrogens is 1. The van der Waals surface area contributed by atoms with Crippen molar-refractivity contribution in [3.05, 3.63) is 53.3 Å². The van der Waals surface area contributed by atoms with Crippen LogP contribution in [0.1, 0.15) is 23.4 Å². The van der Waals surface area contributed by atoms with Crippen LogP contribution in [0.2, 0.25) is 0 Å². The van der Waals surface area contributed by atoms with Crippen LogP contribution in [0, 0.1) is 6.92 Å². The molecular formula is C25H38N4O3. The quantitative estimate of drug-likeness (QED) is 0.517. The van der Waals surface area contributed by atoms with Crippen molar-refractivity contribution in [1.29, 1.82) is 0 Å². The zero-order valence-corrected chi connectivity index (χ0v) is 19.7. The van der Waals surface area contributed by atoms with E-state index in [-0.39, 0.29) is 6.61 Å². The molecule has 0 unspecified atom stereocenters. The number of pyridine rings is 1. The molecule has 2 N–H and O–H groups in total. The van der Waals surface area contributed by atoms with Crippen molar-refractivity contribution in [2.24, 2.45) is 0 Å². The van der Waals surface area contributed by atoms with Gasteiger partial charge in [0.05, 0.1) is 7.11 Å². The molecule has 3 rings (SSSR count). The van der Waals surface area contributed by atoms with Crippen molar-refractivity contribution >= 4 is 0 Å². The molecule has 7 heteroatoms. The molecule has 1 aliphatic heterocycles. The number of hydrogen-bond donors (Lipinski definition) is 2. The summed E-state index contributed by atoms with van der Waals surface area (Å²) in [6, 6.07) is 12.1. The van der Waals surface area contributed by atoms with Crippen molar-refractivity contribution in [3.63, 3.8) is 0 Å². The molecule has 0 amide bonds. The lowest BCUT2D eigenvalue weighted by Crippen LogP contribution is -2.37. The molecule has 0 radical (unpaired) electrons. The minimum atomic E-state index is -0.535. The number of nitrogens with zero attached hydrogens (tertiary/aromatic N) is 3. The van der Waals surface area contributed by atoms with Crippen molar-refractivity contribution in [2.75, 3.05) is 60.0 Å². The molecule has 1 fully saturated rings. The highest BCUT2D eigenvalue weighted by Gasteiger charge is 2.17. The molecule has 1 saturated heterocycles. The minimum absolute atomic E-state index is 0.249. The first-order valence-electron chi connectivity index (χ1n) is 11.6. The Morgan fingerprint density at radius 3 is 2.81 bits per heavy atom. The predicted octanol–water partition coefficient (Wildman–Crippen LogP) is 2.11. The number of aryl methyl sites for hydroxylation is 1. The van der Waals surface area contributed by atoms with Crippen molar-refractivity contribution < 1.29 is 14.6 Å². The third-order valence-corrected chi connectivity index (χ3v) is 5.77. The number of methoxy groups -OCH3 is 1. The Kier molecular flexibility index (Phi) is 9.74. The lowest BCUT2D eigenvalue weighted by molar-refractivity contribution is 0.0685. The van der Waals surface area contributed by atoms with Crippen LogP contribution in [0.25, 0.3) is 0 Å². The smallest absolute Gasteiger partial charge is 0.161 e. The summed E-state index contributed by atoms with van der Waals surface area (Å²) < 4.78 is 11.4. The largest absolute Gasteiger partial charge is 0.493 e. The average molecular weight is 443 g/mol. The van der Waals surface area contributed by atoms with Crippen LogP contribution in [0.3, 0.4) is 0 Å². The Labute approximate surface area is 192 Å². The maximum Gasteiger partial charge on any atom is 0.161 e. The second-order valence-corrected chi connectivity index (χ2v) is 8.60. The first-order chi connectivity index (χ1) is 15.5. The molecule has 1 aliphatic rings. The number of aliphatic hydroxyl groups excluding tert-OH is 1. The van der Waals surface area contributed by atoms with E-state index in [2.05, 4.69) is 33.2 Å². The van der Waals surface area contributed by atoms with Gasteiger partial charge in [0, 0.05) is 50.5 Å². The van der Waals surface area contributed by atoms with Gasteiger partial charge in [0.25, 0.3) is 0 Å². The molecule has 0 saturated carbocycles. The van der Waals surface area contributed by atoms with Gasteiger partial charge in [0.2, 0.25) is 0 Å². The summed E-state index contributed by atoms with van der Waals surface area (Å²) in [7, 11) is 3.79. The first kappa shape index (κ1) is 24.5. The molecular weight excluding hydrogens is 404 g/mol. The fourth-order valence-electron chi connectivity index (χ4n) is 3.95. The molecule has 32 heavy (non-hydrogen) atoms. The highest BCUT2D eigenvalue weighted by Crippen LogP contribution is 2.28. The molecule has 1 aromatic heterocycles. The first-order valence-corrected chi connectivity index (χ1v) is 11.6. The normalized spacial score (nSPS) is 16.5. The van der Waals surface area contributed by atoms with E-state index >= 15 is 0 Å². The predicted molar refractivity (Wildman–Crippen MR) is 127 cm³/mol. The van der Waals surface area contributed by atoms with Gasteiger partial charge in [-0.25, -0.2) is 0 Å². The van der Waals surface area contributed by atoms with Crippen molar-refractivity contribution in [2.45, 2.75) is 32.4 Å². The fraction of sp³-hybridized carbons (Fsp3) is 0.560. The molecule has 0 spiro atoms. The molecule has 2 heterocycles. The third kappa shape index (κ3) is 8.06. The van der Waals surface area contributed by atoms with Crippen LogP contribution in [0.5, 0.6) is 11.5 Å². The summed E-state index contributed by atoms with van der Waals surface area (Å²) in [4.78, 5) is 9.20. The maximum atomic E-state index is 10.5. The second-order valence-electron chi connectivity index (χ2n) is 8.60. The molecule has 2 aromatic rings. The summed E-state index contributed by atoms with van der Waals surface area (Å²) >= 11 is 0. The highest BCUT2D eigenvalue weighted by molar-refractivity contribution is 5.43. The van der Waals surface area contributed by atoms with E-state index < -0.39 is 6.10 Å². The van der Waals surface area contributed by atoms with Gasteiger partial charge in [0.15, 0.2) is 11.5 Å². The Balaban J connectivity index is 1.46. The Morgan fingerprint density at radius 1 is 1.12 bits per heavy atom. The minimum Gasteiger partial charge on any atom is -0.493 e. The van der Waals surface area contributed by atoms with Crippen LogP contribution < -0.4 is 14.8 Å². The van der Waals surface area contributed by atoms with Gasteiger partial charge in [0.1, 0.15) is 12.7 Å². The van der Waals surface area contributed by atoms with E-state index in [0.29, 0.717) is 18.0 Å². The van der Waals surface area contributed by atoms with E-state index in [0.717, 1.165) is 69.1 Å². The molecule has 0 aliphatic carbocycles. The van der Waals surface area contributed by atoms with Crippen LogP contribution in [-0.2, 0) is 13.0 Å². The zero-order valence-electron chi connectivity index (χ0n) is 19.7. The molecule has 176 valence electrons. The second kappa shape index (κ2) is 12.7. The van der Waals surface area contributed by atoms with Crippen LogP contribution in [0.4, 0.5) is 0 Å². The van der Waals surface area contributed by atoms with E-state index in [1.165, 1.54) is 0 Å². The number of nitrogens with one attached hydrogen (secondary N) is 1. The molecule has 7 nitrogen and oxygen atoms in total. The Bertz CT molecular complexity index is 833. The van der Waals surface area contributed by atoms with Crippen LogP contribution in [0.15, 0.2) is 36.4 Å². The Morgan fingerprint density at radius 2 is 2.00 bits per heavy atom. The average Bonchev–Trinajstić information content (AvgIpc) is 2.99. The van der Waals surface area contributed by atoms with Crippen molar-refractivity contribution in [3.8, 4) is 11.5 Å². The van der Waals surface area contributed by atoms with E-state index in [9.17, 15) is 5.11 Å². The summed E-state index contributed by atoms with van der Waals surface area (Å²) in [5.74, 6) is 1.35. The third-order valence-electron chi connectivity index (χ3n) is 5.77. The number of ether oxygens (including phenoxy) is 2. The number of hydrogen-bond acceptors (Lipinski definition) is 7. The van der Waals surface area contributed by atoms with E-state index in [1.807, 2.05) is 37.3 Å². The standard InChI is InChI=1S/C25H38N4O3/c1-20-6-4-7-22(27-20)10-11-26-17-21-8-9-24(31-3)25(16-21)32-19-23(30)18-29-13-5-12-28(2)14-15-29/h4,6-9,16,23,26,30H,5,10-15,17-19H2,1-3H3/t23-/m1/s1. The number of aliphatic hydroxyl groups is 1. The summed E-state index contributed by atoms with van der Waals surface area (Å²) in [5, 5.41) is 14.0. The van der Waals surface area contributed by atoms with Gasteiger partial charge >= 0.3 is 0 Å². The van der Waals surface area contributed by atoms with Gasteiger partial charge in [-0.05, 0) is 63.3 Å². The van der Waals surface area contributed by atoms with E-state index in [4.69, 9.17) is 9.47 Å². The molecule has 1 aromatic carbocycles. The van der Waals surface area contributed by atoms with Gasteiger partial charge < -0.3 is 24.8 Å². The lowest BCUT2D eigenvalue weighted by atomic mass is 10.2. The fourth-order valence-corrected chi connectivity index (χ4v) is 3.95. The molecule has 1 atom stereocenters. The van der Waals surface area contributed by atoms with Crippen molar-refractivity contribution in [1.82, 2.24) is 20.1 Å². The van der Waals surface area contributed by atoms with Gasteiger partial charge in [-0.15, -0.1) is 0 Å². The summed E-state index contributed by atoms with van der Waals surface area (Å²) in [6.07, 6.45) is 1.48. The Hall–Kier alpha value is -2.19. The topological polar surface area (TPSA) is 70.1 Å². The summed E-state index contributed by atoms with van der Waals surface area (Å²) in [5.41, 5.74) is 3.26. The summed E-state index contributed by atoms with van der Waals surface area (Å²) in [6.45, 7) is 8.62. The van der Waals surface area contributed by atoms with Gasteiger partial charge in [-0.2, -0.15) is 0 Å². The highest BCUT2D eigenvalue weighted by atomic mass is 16.5.